The second-order valence-corrected chi connectivity index (χ2v) is 4.48. The van der Waals surface area contributed by atoms with Crippen LogP contribution in [0.25, 0.3) is 0 Å². The fourth-order valence-corrected chi connectivity index (χ4v) is 1.81. The minimum Gasteiger partial charge on any atom is -0.392 e. The molecular formula is C10H15NOS. The molecule has 0 heterocycles. The van der Waals surface area contributed by atoms with Gasteiger partial charge in [-0.15, -0.1) is 11.8 Å². The molecule has 0 saturated heterocycles. The molecule has 0 spiro atoms. The molecular weight excluding hydrogens is 182 g/mol. The van der Waals surface area contributed by atoms with E-state index in [0.29, 0.717) is 11.8 Å². The second-order valence-electron chi connectivity index (χ2n) is 2.97. The van der Waals surface area contributed by atoms with Gasteiger partial charge in [-0.1, -0.05) is 19.1 Å². The Hall–Kier alpha value is -0.510. The molecule has 2 nitrogen and oxygen atoms in total. The average molecular weight is 197 g/mol. The third-order valence-electron chi connectivity index (χ3n) is 1.78. The Morgan fingerprint density at radius 2 is 2.00 bits per heavy atom. The fraction of sp³-hybridized carbons (Fsp3) is 0.400. The van der Waals surface area contributed by atoms with E-state index in [1.807, 2.05) is 24.3 Å². The highest BCUT2D eigenvalue weighted by molar-refractivity contribution is 8.00. The predicted octanol–water partition coefficient (Wildman–Crippen LogP) is 1.62. The average Bonchev–Trinajstić information content (AvgIpc) is 2.19. The molecule has 0 saturated carbocycles. The maximum Gasteiger partial charge on any atom is 0.0681 e. The summed E-state index contributed by atoms with van der Waals surface area (Å²) in [5.41, 5.74) is 6.46. The predicted molar refractivity (Wildman–Crippen MR) is 56.7 cm³/mol. The van der Waals surface area contributed by atoms with Gasteiger partial charge in [-0.25, -0.2) is 0 Å². The minimum atomic E-state index is 0.109. The third-order valence-corrected chi connectivity index (χ3v) is 2.91. The molecule has 1 unspecified atom stereocenters. The van der Waals surface area contributed by atoms with Crippen LogP contribution in [0.3, 0.4) is 0 Å². The van der Waals surface area contributed by atoms with E-state index in [1.165, 1.54) is 4.90 Å². The first-order valence-corrected chi connectivity index (χ1v) is 5.20. The van der Waals surface area contributed by atoms with Crippen molar-refractivity contribution in [3.8, 4) is 0 Å². The van der Waals surface area contributed by atoms with Gasteiger partial charge in [-0.3, -0.25) is 0 Å². The molecule has 0 aliphatic carbocycles. The summed E-state index contributed by atoms with van der Waals surface area (Å²) in [7, 11) is 0. The Labute approximate surface area is 83.1 Å². The highest BCUT2D eigenvalue weighted by Gasteiger charge is 2.01. The summed E-state index contributed by atoms with van der Waals surface area (Å²) in [6, 6.07) is 7.90. The number of thioether (sulfide) groups is 1. The van der Waals surface area contributed by atoms with Gasteiger partial charge in [0.05, 0.1) is 6.61 Å². The van der Waals surface area contributed by atoms with E-state index in [4.69, 9.17) is 10.8 Å². The molecule has 0 aromatic heterocycles. The van der Waals surface area contributed by atoms with Crippen molar-refractivity contribution in [2.24, 2.45) is 5.73 Å². The lowest BCUT2D eigenvalue weighted by Crippen LogP contribution is -2.12. The Morgan fingerprint density at radius 1 is 1.38 bits per heavy atom. The largest absolute Gasteiger partial charge is 0.392 e. The summed E-state index contributed by atoms with van der Waals surface area (Å²) in [4.78, 5) is 1.20. The van der Waals surface area contributed by atoms with Crippen molar-refractivity contribution in [3.05, 3.63) is 29.8 Å². The maximum atomic E-state index is 8.83. The van der Waals surface area contributed by atoms with Gasteiger partial charge in [0.1, 0.15) is 0 Å². The Kier molecular flexibility index (Phi) is 4.28. The molecule has 0 radical (unpaired) electrons. The molecule has 1 atom stereocenters. The van der Waals surface area contributed by atoms with Crippen molar-refractivity contribution in [1.82, 2.24) is 0 Å². The second kappa shape index (κ2) is 5.27. The standard InChI is InChI=1S/C10H15NOS/c1-8(6-11)13-10-4-2-9(7-12)3-5-10/h2-5,8,12H,6-7,11H2,1H3. The van der Waals surface area contributed by atoms with E-state index in [9.17, 15) is 0 Å². The topological polar surface area (TPSA) is 46.2 Å². The molecule has 0 fully saturated rings. The quantitative estimate of drug-likeness (QED) is 0.721. The fourth-order valence-electron chi connectivity index (χ4n) is 0.954. The van der Waals surface area contributed by atoms with Crippen molar-refractivity contribution < 1.29 is 5.11 Å². The zero-order valence-electron chi connectivity index (χ0n) is 7.73. The van der Waals surface area contributed by atoms with E-state index in [-0.39, 0.29) is 6.61 Å². The Morgan fingerprint density at radius 3 is 2.46 bits per heavy atom. The van der Waals surface area contributed by atoms with Crippen LogP contribution < -0.4 is 5.73 Å². The zero-order chi connectivity index (χ0) is 9.68. The highest BCUT2D eigenvalue weighted by Crippen LogP contribution is 2.22. The van der Waals surface area contributed by atoms with E-state index < -0.39 is 0 Å². The van der Waals surface area contributed by atoms with Crippen LogP contribution in [-0.4, -0.2) is 16.9 Å². The van der Waals surface area contributed by atoms with Gasteiger partial charge < -0.3 is 10.8 Å². The number of aliphatic hydroxyl groups excluding tert-OH is 1. The van der Waals surface area contributed by atoms with Crippen LogP contribution in [-0.2, 0) is 6.61 Å². The van der Waals surface area contributed by atoms with E-state index in [2.05, 4.69) is 6.92 Å². The van der Waals surface area contributed by atoms with Gasteiger partial charge in [-0.2, -0.15) is 0 Å². The lowest BCUT2D eigenvalue weighted by molar-refractivity contribution is 0.282. The first kappa shape index (κ1) is 10.6. The van der Waals surface area contributed by atoms with Crippen molar-refractivity contribution >= 4 is 11.8 Å². The van der Waals surface area contributed by atoms with Gasteiger partial charge >= 0.3 is 0 Å². The van der Waals surface area contributed by atoms with Gasteiger partial charge in [0.15, 0.2) is 0 Å². The van der Waals surface area contributed by atoms with Crippen LogP contribution >= 0.6 is 11.8 Å². The number of hydrogen-bond acceptors (Lipinski definition) is 3. The van der Waals surface area contributed by atoms with E-state index >= 15 is 0 Å². The summed E-state index contributed by atoms with van der Waals surface area (Å²) >= 11 is 1.76. The summed E-state index contributed by atoms with van der Waals surface area (Å²) in [5, 5.41) is 9.27. The highest BCUT2D eigenvalue weighted by atomic mass is 32.2. The third kappa shape index (κ3) is 3.38. The van der Waals surface area contributed by atoms with Gasteiger partial charge in [0, 0.05) is 16.7 Å². The summed E-state index contributed by atoms with van der Waals surface area (Å²) in [6.45, 7) is 2.90. The summed E-state index contributed by atoms with van der Waals surface area (Å²) < 4.78 is 0. The van der Waals surface area contributed by atoms with Crippen LogP contribution in [0, 0.1) is 0 Å². The summed E-state index contributed by atoms with van der Waals surface area (Å²) in [6.07, 6.45) is 0. The van der Waals surface area contributed by atoms with Crippen LogP contribution in [0.4, 0.5) is 0 Å². The van der Waals surface area contributed by atoms with Gasteiger partial charge in [0.25, 0.3) is 0 Å². The van der Waals surface area contributed by atoms with Crippen molar-refractivity contribution in [2.45, 2.75) is 23.7 Å². The van der Waals surface area contributed by atoms with Crippen molar-refractivity contribution in [3.63, 3.8) is 0 Å². The SMILES string of the molecule is CC(CN)Sc1ccc(CO)cc1. The molecule has 72 valence electrons. The lowest BCUT2D eigenvalue weighted by Gasteiger charge is -2.07. The molecule has 0 aliphatic rings. The van der Waals surface area contributed by atoms with Crippen LogP contribution in [0.2, 0.25) is 0 Å². The van der Waals surface area contributed by atoms with Crippen molar-refractivity contribution in [2.75, 3.05) is 6.54 Å². The molecule has 0 bridgehead atoms. The number of aliphatic hydroxyl groups is 1. The molecule has 3 heteroatoms. The molecule has 1 aromatic rings. The molecule has 0 aliphatic heterocycles. The van der Waals surface area contributed by atoms with E-state index in [0.717, 1.165) is 5.56 Å². The lowest BCUT2D eigenvalue weighted by atomic mass is 10.2. The van der Waals surface area contributed by atoms with E-state index in [1.54, 1.807) is 11.8 Å². The first-order chi connectivity index (χ1) is 6.26. The molecule has 3 N–H and O–H groups in total. The zero-order valence-corrected chi connectivity index (χ0v) is 8.55. The normalized spacial score (nSPS) is 12.8. The van der Waals surface area contributed by atoms with Gasteiger partial charge in [-0.05, 0) is 17.7 Å². The minimum absolute atomic E-state index is 0.109. The number of hydrogen-bond donors (Lipinski definition) is 2. The number of nitrogens with two attached hydrogens (primary N) is 1. The number of benzene rings is 1. The van der Waals surface area contributed by atoms with Crippen LogP contribution in [0.15, 0.2) is 29.2 Å². The van der Waals surface area contributed by atoms with Crippen LogP contribution in [0.1, 0.15) is 12.5 Å². The van der Waals surface area contributed by atoms with Crippen molar-refractivity contribution in [1.29, 1.82) is 0 Å². The Balaban J connectivity index is 2.58. The smallest absolute Gasteiger partial charge is 0.0681 e. The molecule has 0 amide bonds. The van der Waals surface area contributed by atoms with Gasteiger partial charge in [0.2, 0.25) is 0 Å². The molecule has 1 rings (SSSR count). The molecule has 13 heavy (non-hydrogen) atoms. The Bertz CT molecular complexity index is 248. The monoisotopic (exact) mass is 197 g/mol. The number of rotatable bonds is 4. The summed E-state index contributed by atoms with van der Waals surface area (Å²) in [5.74, 6) is 0. The first-order valence-electron chi connectivity index (χ1n) is 4.32. The molecule has 1 aromatic carbocycles. The maximum absolute atomic E-state index is 8.83. The van der Waals surface area contributed by atoms with Crippen LogP contribution in [0.5, 0.6) is 0 Å².